The second-order valence-electron chi connectivity index (χ2n) is 10.0. The van der Waals surface area contributed by atoms with Gasteiger partial charge in [0.1, 0.15) is 12.2 Å². The van der Waals surface area contributed by atoms with Gasteiger partial charge in [-0.25, -0.2) is 18.0 Å². The van der Waals surface area contributed by atoms with Crippen molar-refractivity contribution in [3.8, 4) is 5.75 Å². The van der Waals surface area contributed by atoms with E-state index in [1.807, 2.05) is 0 Å². The number of rotatable bonds is 27. The smallest absolute Gasteiger partial charge is 0.332 e. The molecule has 0 saturated heterocycles. The highest BCUT2D eigenvalue weighted by atomic mass is 19.2. The van der Waals surface area contributed by atoms with Crippen molar-refractivity contribution in [3.63, 3.8) is 0 Å². The van der Waals surface area contributed by atoms with Crippen molar-refractivity contribution in [2.75, 3.05) is 106 Å². The van der Waals surface area contributed by atoms with Crippen LogP contribution in [0.4, 0.5) is 22.0 Å². The molecule has 266 valence electrons. The molecular weight excluding hydrogens is 635 g/mol. The molecule has 0 fully saturated rings. The summed E-state index contributed by atoms with van der Waals surface area (Å²) < 4.78 is 118. The molecule has 0 atom stereocenters. The first-order valence-electron chi connectivity index (χ1n) is 14.5. The van der Waals surface area contributed by atoms with E-state index in [-0.39, 0.29) is 39.6 Å². The third-order valence-corrected chi connectivity index (χ3v) is 5.08. The Morgan fingerprint density at radius 2 is 0.761 bits per heavy atom. The predicted octanol–water partition coefficient (Wildman–Crippen LogP) is 3.15. The zero-order valence-electron chi connectivity index (χ0n) is 26.3. The predicted molar refractivity (Wildman–Crippen MR) is 149 cm³/mol. The molecule has 0 aromatic heterocycles. The molecule has 12 nitrogen and oxygen atoms in total. The molecule has 1 rings (SSSR count). The lowest BCUT2D eigenvalue weighted by molar-refractivity contribution is -0.160. The second kappa shape index (κ2) is 24.6. The van der Waals surface area contributed by atoms with Crippen molar-refractivity contribution in [1.82, 2.24) is 0 Å². The van der Waals surface area contributed by atoms with E-state index in [0.29, 0.717) is 66.1 Å². The average Bonchev–Trinajstić information content (AvgIpc) is 3.00. The molecule has 0 aliphatic rings. The van der Waals surface area contributed by atoms with Crippen LogP contribution in [-0.2, 0) is 52.2 Å². The highest BCUT2D eigenvalue weighted by Crippen LogP contribution is 2.29. The third kappa shape index (κ3) is 19.9. The van der Waals surface area contributed by atoms with Crippen molar-refractivity contribution >= 4 is 11.9 Å². The van der Waals surface area contributed by atoms with Crippen LogP contribution in [0.2, 0.25) is 0 Å². The second-order valence-corrected chi connectivity index (χ2v) is 10.0. The zero-order chi connectivity index (χ0) is 34.2. The maximum Gasteiger partial charge on any atom is 0.332 e. The SMILES string of the molecule is CC(C)(C)OC(=O)COCCOCCOCCOCCOCCOCCOCCOCCC(=O)Oc1c(F)c(F)c(F)c(F)c1F. The van der Waals surface area contributed by atoms with Crippen molar-refractivity contribution < 1.29 is 78.9 Å². The Labute approximate surface area is 264 Å². The number of hydrogen-bond acceptors (Lipinski definition) is 12. The van der Waals surface area contributed by atoms with Gasteiger partial charge in [-0.05, 0) is 20.8 Å². The lowest BCUT2D eigenvalue weighted by Crippen LogP contribution is -2.27. The molecule has 0 radical (unpaired) electrons. The highest BCUT2D eigenvalue weighted by molar-refractivity contribution is 5.72. The summed E-state index contributed by atoms with van der Waals surface area (Å²) >= 11 is 0. The van der Waals surface area contributed by atoms with Crippen molar-refractivity contribution in [2.45, 2.75) is 32.8 Å². The molecule has 0 N–H and O–H groups in total. The molecule has 0 aliphatic carbocycles. The van der Waals surface area contributed by atoms with Crippen LogP contribution in [0.1, 0.15) is 27.2 Å². The highest BCUT2D eigenvalue weighted by Gasteiger charge is 2.28. The number of benzene rings is 1. The van der Waals surface area contributed by atoms with Crippen LogP contribution >= 0.6 is 0 Å². The quantitative estimate of drug-likeness (QED) is 0.0339. The van der Waals surface area contributed by atoms with Crippen LogP contribution in [0.25, 0.3) is 0 Å². The fourth-order valence-electron chi connectivity index (χ4n) is 3.06. The van der Waals surface area contributed by atoms with Gasteiger partial charge in [-0.3, -0.25) is 4.79 Å². The van der Waals surface area contributed by atoms with E-state index in [4.69, 9.17) is 42.6 Å². The molecule has 17 heteroatoms. The Bertz CT molecular complexity index is 981. The van der Waals surface area contributed by atoms with Crippen LogP contribution in [-0.4, -0.2) is 123 Å². The molecule has 0 spiro atoms. The van der Waals surface area contributed by atoms with Gasteiger partial charge in [-0.2, -0.15) is 8.78 Å². The van der Waals surface area contributed by atoms with Gasteiger partial charge in [-0.1, -0.05) is 0 Å². The van der Waals surface area contributed by atoms with Crippen molar-refractivity contribution in [1.29, 1.82) is 0 Å². The van der Waals surface area contributed by atoms with E-state index in [1.165, 1.54) is 0 Å². The molecule has 0 aliphatic heterocycles. The largest absolute Gasteiger partial charge is 0.458 e. The fourth-order valence-corrected chi connectivity index (χ4v) is 3.06. The summed E-state index contributed by atoms with van der Waals surface area (Å²) in [5.41, 5.74) is -0.541. The maximum atomic E-state index is 13.5. The monoisotopic (exact) mass is 678 g/mol. The summed E-state index contributed by atoms with van der Waals surface area (Å²) in [6.45, 7) is 9.52. The lowest BCUT2D eigenvalue weighted by atomic mass is 10.2. The Balaban J connectivity index is 1.81. The van der Waals surface area contributed by atoms with Gasteiger partial charge in [0.25, 0.3) is 0 Å². The molecule has 46 heavy (non-hydrogen) atoms. The minimum absolute atomic E-state index is 0.0753. The van der Waals surface area contributed by atoms with Crippen LogP contribution < -0.4 is 4.74 Å². The summed E-state index contributed by atoms with van der Waals surface area (Å²) in [5, 5.41) is 0. The number of ether oxygens (including phenoxy) is 10. The number of hydrogen-bond donors (Lipinski definition) is 0. The first kappa shape index (κ1) is 41.5. The lowest BCUT2D eigenvalue weighted by Gasteiger charge is -2.19. The minimum atomic E-state index is -2.35. The van der Waals surface area contributed by atoms with Gasteiger partial charge in [0.2, 0.25) is 34.8 Å². The molecular formula is C29H43F5O12. The standard InChI is InChI=1S/C29H43F5O12/c1-29(2,3)46-22(36)20-44-19-18-43-17-16-42-15-14-41-13-12-40-11-10-39-9-8-38-7-6-37-5-4-21(35)45-28-26(33)24(31)23(30)25(32)27(28)34/h4-20H2,1-3H3. The molecule has 0 bridgehead atoms. The van der Waals surface area contributed by atoms with E-state index in [9.17, 15) is 31.5 Å². The first-order valence-corrected chi connectivity index (χ1v) is 14.5. The molecule has 1 aromatic rings. The Hall–Kier alpha value is -2.51. The summed E-state index contributed by atoms with van der Waals surface area (Å²) in [6.07, 6.45) is -0.491. The van der Waals surface area contributed by atoms with Gasteiger partial charge in [0, 0.05) is 0 Å². The molecule has 0 unspecified atom stereocenters. The molecule has 0 saturated carbocycles. The van der Waals surface area contributed by atoms with Crippen LogP contribution in [0.5, 0.6) is 5.75 Å². The minimum Gasteiger partial charge on any atom is -0.458 e. The summed E-state index contributed by atoms with van der Waals surface area (Å²) in [4.78, 5) is 23.1. The first-order chi connectivity index (χ1) is 21.9. The van der Waals surface area contributed by atoms with Crippen molar-refractivity contribution in [3.05, 3.63) is 29.1 Å². The molecule has 0 heterocycles. The summed E-state index contributed by atoms with van der Waals surface area (Å²) in [6, 6.07) is 0. The molecule has 0 amide bonds. The molecule has 1 aromatic carbocycles. The van der Waals surface area contributed by atoms with Gasteiger partial charge >= 0.3 is 11.9 Å². The van der Waals surface area contributed by atoms with E-state index in [2.05, 4.69) is 4.74 Å². The third-order valence-electron chi connectivity index (χ3n) is 5.08. The maximum absolute atomic E-state index is 13.5. The zero-order valence-corrected chi connectivity index (χ0v) is 26.3. The van der Waals surface area contributed by atoms with Gasteiger partial charge in [0.05, 0.1) is 106 Å². The fraction of sp³-hybridized carbons (Fsp3) is 0.724. The van der Waals surface area contributed by atoms with Gasteiger partial charge < -0.3 is 47.4 Å². The number of esters is 2. The Kier molecular flexibility index (Phi) is 22.2. The van der Waals surface area contributed by atoms with Crippen LogP contribution in [0.15, 0.2) is 0 Å². The van der Waals surface area contributed by atoms with E-state index in [1.54, 1.807) is 20.8 Å². The summed E-state index contributed by atoms with van der Waals surface area (Å²) in [5.74, 6) is -14.6. The Morgan fingerprint density at radius 3 is 1.11 bits per heavy atom. The van der Waals surface area contributed by atoms with E-state index < -0.39 is 58.8 Å². The summed E-state index contributed by atoms with van der Waals surface area (Å²) in [7, 11) is 0. The van der Waals surface area contributed by atoms with Gasteiger partial charge in [-0.15, -0.1) is 0 Å². The topological polar surface area (TPSA) is 126 Å². The van der Waals surface area contributed by atoms with Crippen molar-refractivity contribution in [2.24, 2.45) is 0 Å². The van der Waals surface area contributed by atoms with E-state index in [0.717, 1.165) is 0 Å². The number of halogens is 5. The van der Waals surface area contributed by atoms with Gasteiger partial charge in [0.15, 0.2) is 0 Å². The Morgan fingerprint density at radius 1 is 0.457 bits per heavy atom. The van der Waals surface area contributed by atoms with E-state index >= 15 is 0 Å². The average molecular weight is 679 g/mol. The van der Waals surface area contributed by atoms with Crippen LogP contribution in [0, 0.1) is 29.1 Å². The number of carbonyl (C=O) groups excluding carboxylic acids is 2. The van der Waals surface area contributed by atoms with Crippen LogP contribution in [0.3, 0.4) is 0 Å². The number of carbonyl (C=O) groups is 2. The normalized spacial score (nSPS) is 11.7.